The minimum absolute atomic E-state index is 0.00642. The number of carbonyl (C=O) groups excluding carboxylic acids is 6. The van der Waals surface area contributed by atoms with E-state index < -0.39 is 41.4 Å². The van der Waals surface area contributed by atoms with Crippen LogP contribution in [-0.4, -0.2) is 75.5 Å². The molecule has 0 bridgehead atoms. The molecule has 0 radical (unpaired) electrons. The van der Waals surface area contributed by atoms with Gasteiger partial charge in [0.1, 0.15) is 19.8 Å². The normalized spacial score (nSPS) is 12.6. The van der Waals surface area contributed by atoms with E-state index in [4.69, 9.17) is 31.4 Å². The van der Waals surface area contributed by atoms with Gasteiger partial charge in [-0.1, -0.05) is 25.2 Å². The first-order valence-corrected chi connectivity index (χ1v) is 10.6. The second kappa shape index (κ2) is 17.9. The zero-order valence-electron chi connectivity index (χ0n) is 19.8. The monoisotopic (exact) mass is 512 g/mol. The Kier molecular flexibility index (Phi) is 15.6. The van der Waals surface area contributed by atoms with Crippen molar-refractivity contribution in [1.29, 1.82) is 0 Å². The molecule has 0 saturated heterocycles. The number of esters is 3. The maximum atomic E-state index is 12.0. The van der Waals surface area contributed by atoms with E-state index in [0.717, 1.165) is 18.2 Å². The van der Waals surface area contributed by atoms with E-state index in [1.165, 1.54) is 18.2 Å². The summed E-state index contributed by atoms with van der Waals surface area (Å²) in [6.45, 7) is 0.885. The average molecular weight is 513 g/mol. The molecule has 0 rings (SSSR count). The summed E-state index contributed by atoms with van der Waals surface area (Å²) in [5, 5.41) is 6.78. The molecule has 36 heavy (non-hydrogen) atoms. The molecule has 0 aliphatic rings. The molecule has 0 aromatic rings. The molecule has 200 valence electrons. The van der Waals surface area contributed by atoms with Gasteiger partial charge in [0.15, 0.2) is 0 Å². The lowest BCUT2D eigenvalue weighted by molar-refractivity contribution is -0.156. The predicted octanol–water partition coefficient (Wildman–Crippen LogP) is -1.31. The second-order valence-electron chi connectivity index (χ2n) is 7.12. The molecular weight excluding hydrogens is 480 g/mol. The van der Waals surface area contributed by atoms with E-state index in [0.29, 0.717) is 0 Å². The van der Waals surface area contributed by atoms with Crippen molar-refractivity contribution in [3.05, 3.63) is 36.5 Å². The SMILES string of the molecule is CCC(COC(=O)C=CCNC(N)=O)(COC(=O)C=CCNC(N)=O)COC(=O)C=CCNC(N)=O. The maximum absolute atomic E-state index is 12.0. The molecule has 0 aliphatic carbocycles. The summed E-state index contributed by atoms with van der Waals surface area (Å²) >= 11 is 0. The first-order valence-electron chi connectivity index (χ1n) is 10.6. The first-order chi connectivity index (χ1) is 17.0. The van der Waals surface area contributed by atoms with E-state index in [1.54, 1.807) is 6.92 Å². The number of rotatable bonds is 16. The zero-order chi connectivity index (χ0) is 27.4. The van der Waals surface area contributed by atoms with Gasteiger partial charge in [-0.05, 0) is 6.42 Å². The number of hydrogen-bond acceptors (Lipinski definition) is 9. The Morgan fingerprint density at radius 3 is 1.11 bits per heavy atom. The number of nitrogens with one attached hydrogen (secondary N) is 3. The van der Waals surface area contributed by atoms with Gasteiger partial charge in [0.25, 0.3) is 0 Å². The Morgan fingerprint density at radius 2 is 0.889 bits per heavy atom. The van der Waals surface area contributed by atoms with Gasteiger partial charge in [-0.25, -0.2) is 28.8 Å². The van der Waals surface area contributed by atoms with Crippen molar-refractivity contribution < 1.29 is 43.0 Å². The first kappa shape index (κ1) is 31.4. The summed E-state index contributed by atoms with van der Waals surface area (Å²) in [6.07, 6.45) is 7.42. The van der Waals surface area contributed by atoms with Gasteiger partial charge in [-0.3, -0.25) is 0 Å². The standard InChI is InChI=1S/C21H32N6O9/c1-2-21(12-34-15(28)6-3-9-25-18(22)31,13-35-16(29)7-4-10-26-19(23)32)14-36-17(30)8-5-11-27-20(24)33/h3-8H,2,9-14H2,1H3,(H3,22,25,31)(H3,23,26,32)(H3,24,27,33). The smallest absolute Gasteiger partial charge is 0.330 e. The zero-order valence-corrected chi connectivity index (χ0v) is 19.8. The van der Waals surface area contributed by atoms with Crippen LogP contribution in [0.15, 0.2) is 36.5 Å². The molecule has 15 nitrogen and oxygen atoms in total. The van der Waals surface area contributed by atoms with Crippen LogP contribution in [0.1, 0.15) is 13.3 Å². The van der Waals surface area contributed by atoms with Gasteiger partial charge in [0.2, 0.25) is 0 Å². The van der Waals surface area contributed by atoms with E-state index in [2.05, 4.69) is 16.0 Å². The summed E-state index contributed by atoms with van der Waals surface area (Å²) in [4.78, 5) is 67.9. The quantitative estimate of drug-likeness (QED) is 0.0814. The number of carbonyl (C=O) groups is 6. The third-order valence-electron chi connectivity index (χ3n) is 4.26. The van der Waals surface area contributed by atoms with Crippen LogP contribution in [0.2, 0.25) is 0 Å². The van der Waals surface area contributed by atoms with Crippen LogP contribution in [0.4, 0.5) is 14.4 Å². The number of ether oxygens (including phenoxy) is 3. The molecule has 15 heteroatoms. The Labute approximate surface area is 207 Å². The van der Waals surface area contributed by atoms with Crippen LogP contribution < -0.4 is 33.2 Å². The Balaban J connectivity index is 5.14. The molecule has 0 saturated carbocycles. The van der Waals surface area contributed by atoms with Gasteiger partial charge in [0, 0.05) is 37.9 Å². The number of urea groups is 3. The van der Waals surface area contributed by atoms with Gasteiger partial charge in [0.05, 0.1) is 5.41 Å². The highest BCUT2D eigenvalue weighted by molar-refractivity contribution is 5.83. The van der Waals surface area contributed by atoms with E-state index in [9.17, 15) is 28.8 Å². The highest BCUT2D eigenvalue weighted by Crippen LogP contribution is 2.24. The minimum Gasteiger partial charge on any atom is -0.462 e. The van der Waals surface area contributed by atoms with Crippen molar-refractivity contribution in [2.45, 2.75) is 13.3 Å². The van der Waals surface area contributed by atoms with Gasteiger partial charge in [-0.2, -0.15) is 0 Å². The largest absolute Gasteiger partial charge is 0.462 e. The Morgan fingerprint density at radius 1 is 0.611 bits per heavy atom. The highest BCUT2D eigenvalue weighted by atomic mass is 16.6. The molecule has 0 atom stereocenters. The van der Waals surface area contributed by atoms with Crippen molar-refractivity contribution in [2.24, 2.45) is 22.6 Å². The molecule has 0 fully saturated rings. The Hall–Kier alpha value is -4.56. The van der Waals surface area contributed by atoms with Crippen molar-refractivity contribution in [3.63, 3.8) is 0 Å². The van der Waals surface area contributed by atoms with Crippen molar-refractivity contribution in [2.75, 3.05) is 39.5 Å². The van der Waals surface area contributed by atoms with E-state index in [1.807, 2.05) is 0 Å². The summed E-state index contributed by atoms with van der Waals surface area (Å²) in [5.74, 6) is -2.27. The summed E-state index contributed by atoms with van der Waals surface area (Å²) in [6, 6.07) is -2.29. The number of amides is 6. The van der Waals surface area contributed by atoms with Crippen LogP contribution >= 0.6 is 0 Å². The summed E-state index contributed by atoms with van der Waals surface area (Å²) in [7, 11) is 0. The maximum Gasteiger partial charge on any atom is 0.330 e. The average Bonchev–Trinajstić information content (AvgIpc) is 2.81. The molecule has 9 N–H and O–H groups in total. The summed E-state index contributed by atoms with van der Waals surface area (Å²) < 4.78 is 15.6. The number of nitrogens with two attached hydrogens (primary N) is 3. The van der Waals surface area contributed by atoms with Gasteiger partial charge < -0.3 is 47.4 Å². The van der Waals surface area contributed by atoms with Gasteiger partial charge in [-0.15, -0.1) is 0 Å². The van der Waals surface area contributed by atoms with Crippen molar-refractivity contribution >= 4 is 36.0 Å². The van der Waals surface area contributed by atoms with Crippen LogP contribution in [0.3, 0.4) is 0 Å². The Bertz CT molecular complexity index is 763. The minimum atomic E-state index is -1.10. The molecule has 0 unspecified atom stereocenters. The number of hydrogen-bond donors (Lipinski definition) is 6. The van der Waals surface area contributed by atoms with Crippen LogP contribution in [-0.2, 0) is 28.6 Å². The molecule has 0 aromatic carbocycles. The van der Waals surface area contributed by atoms with Crippen LogP contribution in [0.5, 0.6) is 0 Å². The van der Waals surface area contributed by atoms with Crippen molar-refractivity contribution in [3.8, 4) is 0 Å². The van der Waals surface area contributed by atoms with Crippen LogP contribution in [0, 0.1) is 5.41 Å². The summed E-state index contributed by atoms with van der Waals surface area (Å²) in [5.41, 5.74) is 13.7. The number of primary amides is 3. The molecule has 6 amide bonds. The van der Waals surface area contributed by atoms with Crippen LogP contribution in [0.25, 0.3) is 0 Å². The fraction of sp³-hybridized carbons (Fsp3) is 0.429. The third-order valence-corrected chi connectivity index (χ3v) is 4.26. The predicted molar refractivity (Wildman–Crippen MR) is 126 cm³/mol. The van der Waals surface area contributed by atoms with E-state index in [-0.39, 0.29) is 45.9 Å². The lowest BCUT2D eigenvalue weighted by Crippen LogP contribution is -2.38. The molecule has 0 heterocycles. The molecular formula is C21H32N6O9. The topological polar surface area (TPSA) is 244 Å². The fourth-order valence-corrected chi connectivity index (χ4v) is 2.19. The highest BCUT2D eigenvalue weighted by Gasteiger charge is 2.33. The van der Waals surface area contributed by atoms with Gasteiger partial charge >= 0.3 is 36.0 Å². The lowest BCUT2D eigenvalue weighted by Gasteiger charge is -2.30. The molecule has 0 spiro atoms. The second-order valence-corrected chi connectivity index (χ2v) is 7.12. The molecule has 0 aliphatic heterocycles. The lowest BCUT2D eigenvalue weighted by atomic mass is 9.88. The third kappa shape index (κ3) is 17.0. The molecule has 0 aromatic heterocycles. The van der Waals surface area contributed by atoms with E-state index >= 15 is 0 Å². The fourth-order valence-electron chi connectivity index (χ4n) is 2.19. The van der Waals surface area contributed by atoms with Crippen molar-refractivity contribution in [1.82, 2.24) is 16.0 Å².